The fourth-order valence-electron chi connectivity index (χ4n) is 5.04. The van der Waals surface area contributed by atoms with Crippen LogP contribution < -0.4 is 14.4 Å². The number of rotatable bonds is 9. The average molecular weight is 559 g/mol. The Hall–Kier alpha value is -1.98. The minimum Gasteiger partial charge on any atom is -0.491 e. The van der Waals surface area contributed by atoms with Crippen LogP contribution in [0.15, 0.2) is 36.4 Å². The Balaban J connectivity index is 0.00000195. The Bertz CT molecular complexity index is 1100. The molecule has 3 atom stereocenters. The number of amides is 1. The van der Waals surface area contributed by atoms with Gasteiger partial charge in [-0.15, -0.1) is 0 Å². The Morgan fingerprint density at radius 2 is 1.92 bits per heavy atom. The molecule has 0 bridgehead atoms. The summed E-state index contributed by atoms with van der Waals surface area (Å²) in [7, 11) is -0.433. The van der Waals surface area contributed by atoms with Crippen molar-refractivity contribution >= 4 is 39.7 Å². The SMILES string of the molecule is C=S(NC(=O)c1ccc2c(c1)N(CC1CCC1)CC(c1ccc(Cl)cc1CCC)CO2)C(C)C(C)C.CC. The average Bonchev–Trinajstić information content (AvgIpc) is 3.06. The number of nitrogens with one attached hydrogen (secondary N) is 1. The first-order valence-electron chi connectivity index (χ1n) is 14.4. The van der Waals surface area contributed by atoms with Gasteiger partial charge in [-0.3, -0.25) is 4.79 Å². The Kier molecular flexibility index (Phi) is 11.6. The summed E-state index contributed by atoms with van der Waals surface area (Å²) in [6.45, 7) is 15.2. The largest absolute Gasteiger partial charge is 0.491 e. The first-order chi connectivity index (χ1) is 18.3. The minimum atomic E-state index is -0.433. The van der Waals surface area contributed by atoms with Crippen LogP contribution in [0.25, 0.3) is 0 Å². The number of benzene rings is 2. The lowest BCUT2D eigenvalue weighted by Gasteiger charge is -2.35. The van der Waals surface area contributed by atoms with E-state index in [1.807, 2.05) is 38.1 Å². The molecule has 1 aliphatic heterocycles. The fraction of sp³-hybridized carbons (Fsp3) is 0.562. The molecule has 1 heterocycles. The number of fused-ring (bicyclic) bond motifs is 1. The molecule has 210 valence electrons. The quantitative estimate of drug-likeness (QED) is 0.314. The fourth-order valence-corrected chi connectivity index (χ4v) is 6.43. The highest BCUT2D eigenvalue weighted by molar-refractivity contribution is 8.13. The van der Waals surface area contributed by atoms with E-state index in [-0.39, 0.29) is 11.8 Å². The third-order valence-electron chi connectivity index (χ3n) is 7.82. The van der Waals surface area contributed by atoms with Crippen molar-refractivity contribution in [1.29, 1.82) is 0 Å². The topological polar surface area (TPSA) is 41.6 Å². The van der Waals surface area contributed by atoms with Gasteiger partial charge in [-0.05, 0) is 72.6 Å². The van der Waals surface area contributed by atoms with Gasteiger partial charge in [0.1, 0.15) is 5.75 Å². The van der Waals surface area contributed by atoms with E-state index in [9.17, 15) is 4.79 Å². The number of halogens is 1. The van der Waals surface area contributed by atoms with Gasteiger partial charge in [0.05, 0.1) is 12.3 Å². The molecule has 0 radical (unpaired) electrons. The highest BCUT2D eigenvalue weighted by Crippen LogP contribution is 2.39. The van der Waals surface area contributed by atoms with Gasteiger partial charge in [0, 0.05) is 34.8 Å². The molecule has 2 aromatic rings. The second kappa shape index (κ2) is 14.4. The van der Waals surface area contributed by atoms with Gasteiger partial charge in [0.15, 0.2) is 0 Å². The predicted molar refractivity (Wildman–Crippen MR) is 168 cm³/mol. The number of aryl methyl sites for hydroxylation is 1. The van der Waals surface area contributed by atoms with Crippen molar-refractivity contribution in [2.75, 3.05) is 24.6 Å². The zero-order valence-corrected chi connectivity index (χ0v) is 25.8. The zero-order valence-electron chi connectivity index (χ0n) is 24.2. The van der Waals surface area contributed by atoms with E-state index in [4.69, 9.17) is 16.3 Å². The molecule has 1 saturated carbocycles. The first-order valence-corrected chi connectivity index (χ1v) is 16.2. The highest BCUT2D eigenvalue weighted by atomic mass is 35.5. The monoisotopic (exact) mass is 558 g/mol. The van der Waals surface area contributed by atoms with E-state index in [2.05, 4.69) is 55.3 Å². The van der Waals surface area contributed by atoms with Crippen molar-refractivity contribution in [3.8, 4) is 5.75 Å². The summed E-state index contributed by atoms with van der Waals surface area (Å²) in [5, 5.41) is 1.11. The van der Waals surface area contributed by atoms with Gasteiger partial charge in [0.2, 0.25) is 0 Å². The van der Waals surface area contributed by atoms with Gasteiger partial charge in [-0.2, -0.15) is 0 Å². The van der Waals surface area contributed by atoms with Gasteiger partial charge in [-0.1, -0.05) is 88.6 Å². The lowest BCUT2D eigenvalue weighted by Crippen LogP contribution is -2.36. The second-order valence-electron chi connectivity index (χ2n) is 10.8. The number of carbonyl (C=O) groups is 1. The van der Waals surface area contributed by atoms with Crippen molar-refractivity contribution < 1.29 is 9.53 Å². The van der Waals surface area contributed by atoms with Gasteiger partial charge >= 0.3 is 0 Å². The maximum atomic E-state index is 13.2. The lowest BCUT2D eigenvalue weighted by molar-refractivity contribution is 0.0984. The van der Waals surface area contributed by atoms with Crippen LogP contribution in [0.5, 0.6) is 5.75 Å². The number of hydrogen-bond donors (Lipinski definition) is 1. The van der Waals surface area contributed by atoms with Crippen LogP contribution in [0.3, 0.4) is 0 Å². The van der Waals surface area contributed by atoms with Crippen LogP contribution in [0.2, 0.25) is 5.02 Å². The number of nitrogens with zero attached hydrogens (tertiary/aromatic N) is 1. The standard InChI is InChI=1S/C30H41ClN2O2S.C2H6/c1-6-8-23-15-26(31)12-13-27(23)25-18-33(17-22-9-7-10-22)28-16-24(11-14-29(28)35-19-25)30(34)32-36(5)21(4)20(2)3;1-2/h11-16,20-22,25H,5-10,17-19H2,1-4H3,(H,32,34);1-2H3. The van der Waals surface area contributed by atoms with E-state index in [1.165, 1.54) is 30.4 Å². The lowest BCUT2D eigenvalue weighted by atomic mass is 9.84. The van der Waals surface area contributed by atoms with E-state index in [1.54, 1.807) is 0 Å². The summed E-state index contributed by atoms with van der Waals surface area (Å²) in [6.07, 6.45) is 5.95. The molecule has 6 heteroatoms. The minimum absolute atomic E-state index is 0.0593. The molecular weight excluding hydrogens is 512 g/mol. The summed E-state index contributed by atoms with van der Waals surface area (Å²) in [6, 6.07) is 12.2. The number of anilines is 1. The summed E-state index contributed by atoms with van der Waals surface area (Å²) in [5.74, 6) is 6.44. The number of carbonyl (C=O) groups excluding carboxylic acids is 1. The molecule has 2 aliphatic rings. The molecule has 1 amide bonds. The van der Waals surface area contributed by atoms with E-state index >= 15 is 0 Å². The summed E-state index contributed by atoms with van der Waals surface area (Å²) in [4.78, 5) is 15.6. The molecule has 2 aromatic carbocycles. The molecule has 1 N–H and O–H groups in total. The number of hydrogen-bond acceptors (Lipinski definition) is 3. The molecule has 0 spiro atoms. The first kappa shape index (κ1) is 30.6. The Morgan fingerprint density at radius 3 is 2.55 bits per heavy atom. The normalized spacial score (nSPS) is 18.7. The summed E-state index contributed by atoms with van der Waals surface area (Å²) < 4.78 is 9.56. The number of ether oxygens (including phenoxy) is 1. The molecule has 4 nitrogen and oxygen atoms in total. The summed E-state index contributed by atoms with van der Waals surface area (Å²) in [5.41, 5.74) is 4.35. The maximum absolute atomic E-state index is 13.2. The van der Waals surface area contributed by atoms with Gasteiger partial charge < -0.3 is 14.4 Å². The van der Waals surface area contributed by atoms with Crippen LogP contribution in [0, 0.1) is 11.8 Å². The van der Waals surface area contributed by atoms with Crippen LogP contribution in [0.1, 0.15) is 94.6 Å². The molecule has 3 unspecified atom stereocenters. The highest BCUT2D eigenvalue weighted by Gasteiger charge is 2.30. The zero-order chi connectivity index (χ0) is 27.8. The second-order valence-corrected chi connectivity index (χ2v) is 13.0. The van der Waals surface area contributed by atoms with E-state index in [0.29, 0.717) is 29.3 Å². The van der Waals surface area contributed by atoms with Crippen molar-refractivity contribution in [1.82, 2.24) is 4.72 Å². The predicted octanol–water partition coefficient (Wildman–Crippen LogP) is 8.49. The van der Waals surface area contributed by atoms with Gasteiger partial charge in [-0.25, -0.2) is 0 Å². The Labute approximate surface area is 238 Å². The van der Waals surface area contributed by atoms with Crippen LogP contribution in [0.4, 0.5) is 5.69 Å². The van der Waals surface area contributed by atoms with Gasteiger partial charge in [0.25, 0.3) is 5.91 Å². The molecule has 0 saturated heterocycles. The molecule has 38 heavy (non-hydrogen) atoms. The van der Waals surface area contributed by atoms with Crippen molar-refractivity contribution in [3.05, 3.63) is 58.1 Å². The van der Waals surface area contributed by atoms with Crippen molar-refractivity contribution in [2.24, 2.45) is 11.8 Å². The molecule has 1 fully saturated rings. The molecule has 1 aliphatic carbocycles. The Morgan fingerprint density at radius 1 is 1.18 bits per heavy atom. The van der Waals surface area contributed by atoms with E-state index < -0.39 is 10.7 Å². The van der Waals surface area contributed by atoms with Crippen LogP contribution >= 0.6 is 22.3 Å². The van der Waals surface area contributed by atoms with Crippen molar-refractivity contribution in [2.45, 2.75) is 84.8 Å². The van der Waals surface area contributed by atoms with Crippen molar-refractivity contribution in [3.63, 3.8) is 0 Å². The summed E-state index contributed by atoms with van der Waals surface area (Å²) >= 11 is 6.36. The molecule has 4 rings (SSSR count). The third-order valence-corrected chi connectivity index (χ3v) is 9.95. The third kappa shape index (κ3) is 7.57. The maximum Gasteiger partial charge on any atom is 0.260 e. The van der Waals surface area contributed by atoms with E-state index in [0.717, 1.165) is 42.4 Å². The smallest absolute Gasteiger partial charge is 0.260 e. The van der Waals surface area contributed by atoms with Crippen LogP contribution in [-0.2, 0) is 6.42 Å². The molecular formula is C32H47ClN2O2S. The molecule has 0 aromatic heterocycles. The van der Waals surface area contributed by atoms with Crippen LogP contribution in [-0.4, -0.2) is 36.7 Å².